The second-order valence-electron chi connectivity index (χ2n) is 5.87. The number of ether oxygens (including phenoxy) is 4. The Kier molecular flexibility index (Phi) is 7.91. The Morgan fingerprint density at radius 3 is 2.31 bits per heavy atom. The number of carbonyl (C=O) groups is 2. The van der Waals surface area contributed by atoms with Crippen LogP contribution in [0.5, 0.6) is 17.2 Å². The van der Waals surface area contributed by atoms with Crippen LogP contribution in [-0.2, 0) is 14.3 Å². The molecule has 2 rings (SSSR count). The highest BCUT2D eigenvalue weighted by Crippen LogP contribution is 2.36. The van der Waals surface area contributed by atoms with Crippen molar-refractivity contribution in [1.29, 1.82) is 0 Å². The first-order valence-electron chi connectivity index (χ1n) is 8.63. The highest BCUT2D eigenvalue weighted by Gasteiger charge is 2.17. The van der Waals surface area contributed by atoms with Gasteiger partial charge in [0, 0.05) is 11.8 Å². The third-order valence-corrected chi connectivity index (χ3v) is 4.17. The number of nitrogens with one attached hydrogen (secondary N) is 1. The maximum Gasteiger partial charge on any atom is 0.331 e. The lowest BCUT2D eigenvalue weighted by Gasteiger charge is -2.13. The van der Waals surface area contributed by atoms with Crippen molar-refractivity contribution >= 4 is 35.2 Å². The molecule has 0 spiro atoms. The molecule has 2 aromatic rings. The number of anilines is 1. The van der Waals surface area contributed by atoms with Crippen LogP contribution >= 0.6 is 11.6 Å². The molecule has 154 valence electrons. The molecule has 2 aromatic carbocycles. The summed E-state index contributed by atoms with van der Waals surface area (Å²) in [6.45, 7) is 1.48. The van der Waals surface area contributed by atoms with Gasteiger partial charge in [0.15, 0.2) is 17.6 Å². The van der Waals surface area contributed by atoms with Gasteiger partial charge in [-0.15, -0.1) is 0 Å². The predicted molar refractivity (Wildman–Crippen MR) is 111 cm³/mol. The lowest BCUT2D eigenvalue weighted by molar-refractivity contribution is -0.148. The van der Waals surface area contributed by atoms with Gasteiger partial charge < -0.3 is 24.3 Å². The molecule has 7 nitrogen and oxygen atoms in total. The normalized spacial score (nSPS) is 11.6. The fourth-order valence-corrected chi connectivity index (χ4v) is 2.68. The summed E-state index contributed by atoms with van der Waals surface area (Å²) >= 11 is 6.13. The van der Waals surface area contributed by atoms with Crippen molar-refractivity contribution in [3.63, 3.8) is 0 Å². The summed E-state index contributed by atoms with van der Waals surface area (Å²) < 4.78 is 20.6. The van der Waals surface area contributed by atoms with E-state index in [9.17, 15) is 9.59 Å². The van der Waals surface area contributed by atoms with E-state index in [-0.39, 0.29) is 0 Å². The van der Waals surface area contributed by atoms with Crippen LogP contribution in [-0.4, -0.2) is 39.3 Å². The monoisotopic (exact) mass is 419 g/mol. The zero-order valence-electron chi connectivity index (χ0n) is 16.5. The number of esters is 1. The maximum atomic E-state index is 12.2. The molecule has 0 radical (unpaired) electrons. The van der Waals surface area contributed by atoms with Crippen molar-refractivity contribution in [2.24, 2.45) is 0 Å². The van der Waals surface area contributed by atoms with Crippen molar-refractivity contribution in [3.8, 4) is 17.2 Å². The third-order valence-electron chi connectivity index (χ3n) is 3.89. The molecule has 8 heteroatoms. The topological polar surface area (TPSA) is 83.1 Å². The van der Waals surface area contributed by atoms with Gasteiger partial charge in [0.2, 0.25) is 0 Å². The van der Waals surface area contributed by atoms with Crippen LogP contribution in [0, 0.1) is 0 Å². The molecule has 0 fully saturated rings. The molecule has 1 atom stereocenters. The second kappa shape index (κ2) is 10.4. The first-order chi connectivity index (χ1) is 13.9. The van der Waals surface area contributed by atoms with E-state index in [1.807, 2.05) is 0 Å². The van der Waals surface area contributed by atoms with Gasteiger partial charge in [0.25, 0.3) is 5.91 Å². The van der Waals surface area contributed by atoms with Crippen LogP contribution in [0.4, 0.5) is 5.69 Å². The van der Waals surface area contributed by atoms with E-state index in [0.29, 0.717) is 33.5 Å². The molecule has 0 aliphatic heterocycles. The molecule has 1 unspecified atom stereocenters. The second-order valence-corrected chi connectivity index (χ2v) is 6.28. The molecule has 0 heterocycles. The summed E-state index contributed by atoms with van der Waals surface area (Å²) in [6.07, 6.45) is 1.72. The van der Waals surface area contributed by atoms with Gasteiger partial charge >= 0.3 is 5.97 Å². The minimum Gasteiger partial charge on any atom is -0.497 e. The van der Waals surface area contributed by atoms with Crippen molar-refractivity contribution < 1.29 is 28.5 Å². The Labute approximate surface area is 174 Å². The van der Waals surface area contributed by atoms with E-state index in [0.717, 1.165) is 0 Å². The summed E-state index contributed by atoms with van der Waals surface area (Å²) in [5.41, 5.74) is 1.18. The van der Waals surface area contributed by atoms with Gasteiger partial charge in [0.05, 0.1) is 26.4 Å². The van der Waals surface area contributed by atoms with Crippen LogP contribution in [0.15, 0.2) is 42.5 Å². The summed E-state index contributed by atoms with van der Waals surface area (Å²) in [5.74, 6) is 0.375. The Balaban J connectivity index is 1.96. The number of rotatable bonds is 8. The summed E-state index contributed by atoms with van der Waals surface area (Å²) in [6, 6.07) is 10.1. The average Bonchev–Trinajstić information content (AvgIpc) is 2.72. The maximum absolute atomic E-state index is 12.2. The SMILES string of the molecule is COc1ccc(NC(=O)C(C)OC(=O)/C=C/c2cc(Cl)c(OC)c(OC)c2)cc1. The van der Waals surface area contributed by atoms with E-state index in [2.05, 4.69) is 5.32 Å². The lowest BCUT2D eigenvalue weighted by atomic mass is 10.2. The molecule has 0 saturated carbocycles. The van der Waals surface area contributed by atoms with Gasteiger partial charge in [-0.3, -0.25) is 4.79 Å². The molecule has 1 N–H and O–H groups in total. The predicted octanol–water partition coefficient (Wildman–Crippen LogP) is 3.95. The van der Waals surface area contributed by atoms with Crippen molar-refractivity contribution in [2.45, 2.75) is 13.0 Å². The summed E-state index contributed by atoms with van der Waals surface area (Å²) in [5, 5.41) is 3.00. The van der Waals surface area contributed by atoms with E-state index in [4.69, 9.17) is 30.5 Å². The number of methoxy groups -OCH3 is 3. The lowest BCUT2D eigenvalue weighted by Crippen LogP contribution is -2.29. The van der Waals surface area contributed by atoms with Crippen molar-refractivity contribution in [1.82, 2.24) is 0 Å². The van der Waals surface area contributed by atoms with E-state index >= 15 is 0 Å². The summed E-state index contributed by atoms with van der Waals surface area (Å²) in [7, 11) is 4.52. The van der Waals surface area contributed by atoms with E-state index in [1.165, 1.54) is 33.3 Å². The molecule has 1 amide bonds. The minimum absolute atomic E-state index is 0.340. The average molecular weight is 420 g/mol. The molecule has 0 aliphatic carbocycles. The zero-order valence-corrected chi connectivity index (χ0v) is 17.3. The van der Waals surface area contributed by atoms with Crippen LogP contribution in [0.3, 0.4) is 0 Å². The number of halogens is 1. The van der Waals surface area contributed by atoms with Crippen LogP contribution < -0.4 is 19.5 Å². The zero-order chi connectivity index (χ0) is 21.4. The first kappa shape index (κ1) is 22.1. The quantitative estimate of drug-likeness (QED) is 0.515. The number of carbonyl (C=O) groups excluding carboxylic acids is 2. The first-order valence-corrected chi connectivity index (χ1v) is 9.00. The number of hydrogen-bond acceptors (Lipinski definition) is 6. The highest BCUT2D eigenvalue weighted by atomic mass is 35.5. The summed E-state index contributed by atoms with van der Waals surface area (Å²) in [4.78, 5) is 24.2. The number of amides is 1. The Morgan fingerprint density at radius 2 is 1.72 bits per heavy atom. The number of benzene rings is 2. The van der Waals surface area contributed by atoms with E-state index in [1.54, 1.807) is 43.5 Å². The van der Waals surface area contributed by atoms with Gasteiger partial charge in [-0.25, -0.2) is 4.79 Å². The fourth-order valence-electron chi connectivity index (χ4n) is 2.38. The van der Waals surface area contributed by atoms with Crippen LogP contribution in [0.1, 0.15) is 12.5 Å². The smallest absolute Gasteiger partial charge is 0.331 e. The molecular formula is C21H22ClNO6. The van der Waals surface area contributed by atoms with Gasteiger partial charge in [-0.1, -0.05) is 11.6 Å². The van der Waals surface area contributed by atoms with Gasteiger partial charge in [-0.05, 0) is 55.0 Å². The fraction of sp³-hybridized carbons (Fsp3) is 0.238. The van der Waals surface area contributed by atoms with E-state index < -0.39 is 18.0 Å². The molecule has 0 saturated heterocycles. The Hall–Kier alpha value is -3.19. The highest BCUT2D eigenvalue weighted by molar-refractivity contribution is 6.32. The van der Waals surface area contributed by atoms with Gasteiger partial charge in [-0.2, -0.15) is 0 Å². The van der Waals surface area contributed by atoms with Gasteiger partial charge in [0.1, 0.15) is 5.75 Å². The van der Waals surface area contributed by atoms with Crippen LogP contribution in [0.2, 0.25) is 5.02 Å². The molecular weight excluding hydrogens is 398 g/mol. The molecule has 0 aromatic heterocycles. The number of hydrogen-bond donors (Lipinski definition) is 1. The third kappa shape index (κ3) is 6.15. The Bertz CT molecular complexity index is 895. The minimum atomic E-state index is -0.983. The van der Waals surface area contributed by atoms with Crippen molar-refractivity contribution in [2.75, 3.05) is 26.6 Å². The largest absolute Gasteiger partial charge is 0.497 e. The standard InChI is InChI=1S/C21H22ClNO6/c1-13(21(25)23-15-6-8-16(26-2)9-7-15)29-19(24)10-5-14-11-17(22)20(28-4)18(12-14)27-3/h5-13H,1-4H3,(H,23,25)/b10-5+. The molecule has 29 heavy (non-hydrogen) atoms. The molecule has 0 bridgehead atoms. The van der Waals surface area contributed by atoms with Crippen LogP contribution in [0.25, 0.3) is 6.08 Å². The van der Waals surface area contributed by atoms with Crippen molar-refractivity contribution in [3.05, 3.63) is 53.1 Å². The molecule has 0 aliphatic rings. The Morgan fingerprint density at radius 1 is 1.03 bits per heavy atom.